The lowest BCUT2D eigenvalue weighted by molar-refractivity contribution is -0.123. The van der Waals surface area contributed by atoms with Gasteiger partial charge in [-0.05, 0) is 73.5 Å². The maximum Gasteiger partial charge on any atom is 0.271 e. The summed E-state index contributed by atoms with van der Waals surface area (Å²) in [6, 6.07) is 22.9. The molecule has 9 heteroatoms. The van der Waals surface area contributed by atoms with Crippen LogP contribution in [-0.4, -0.2) is 68.9 Å². The molecule has 1 aliphatic rings. The highest BCUT2D eigenvalue weighted by Crippen LogP contribution is 2.28. The van der Waals surface area contributed by atoms with E-state index in [0.717, 1.165) is 55.3 Å². The number of methoxy groups -OCH3 is 1. The molecule has 3 aromatic carbocycles. The van der Waals surface area contributed by atoms with Gasteiger partial charge in [0.25, 0.3) is 11.8 Å². The van der Waals surface area contributed by atoms with Crippen LogP contribution in [0.2, 0.25) is 0 Å². The Hall–Kier alpha value is -4.37. The number of ether oxygens (including phenoxy) is 2. The van der Waals surface area contributed by atoms with Crippen LogP contribution < -0.4 is 25.1 Å². The first-order chi connectivity index (χ1) is 19.4. The fourth-order valence-corrected chi connectivity index (χ4v) is 4.45. The summed E-state index contributed by atoms with van der Waals surface area (Å²) in [6.45, 7) is 8.37. The number of piperazine rings is 1. The summed E-state index contributed by atoms with van der Waals surface area (Å²) >= 11 is 0. The Morgan fingerprint density at radius 3 is 2.33 bits per heavy atom. The predicted octanol–water partition coefficient (Wildman–Crippen LogP) is 3.68. The minimum Gasteiger partial charge on any atom is -0.495 e. The number of amides is 2. The topological polar surface area (TPSA) is 95.5 Å². The summed E-state index contributed by atoms with van der Waals surface area (Å²) in [6.07, 6.45) is 1.56. The van der Waals surface area contributed by atoms with Crippen molar-refractivity contribution >= 4 is 23.7 Å². The summed E-state index contributed by atoms with van der Waals surface area (Å²) in [5.74, 6) is 1.04. The van der Waals surface area contributed by atoms with Crippen molar-refractivity contribution in [3.05, 3.63) is 89.5 Å². The second-order valence-corrected chi connectivity index (χ2v) is 9.91. The Morgan fingerprint density at radius 2 is 1.65 bits per heavy atom. The molecule has 0 aliphatic carbocycles. The van der Waals surface area contributed by atoms with Gasteiger partial charge < -0.3 is 19.7 Å². The van der Waals surface area contributed by atoms with Gasteiger partial charge in [0, 0.05) is 44.3 Å². The summed E-state index contributed by atoms with van der Waals surface area (Å²) in [7, 11) is 1.71. The van der Waals surface area contributed by atoms with E-state index in [9.17, 15) is 9.59 Å². The zero-order chi connectivity index (χ0) is 28.3. The summed E-state index contributed by atoms with van der Waals surface area (Å²) in [5.41, 5.74) is 6.21. The molecule has 1 heterocycles. The molecular weight excluding hydrogens is 506 g/mol. The van der Waals surface area contributed by atoms with Gasteiger partial charge in [0.15, 0.2) is 6.61 Å². The minimum absolute atomic E-state index is 0.0407. The highest BCUT2D eigenvalue weighted by Gasteiger charge is 2.19. The van der Waals surface area contributed by atoms with Gasteiger partial charge in [-0.1, -0.05) is 24.3 Å². The number of para-hydroxylation sites is 2. The normalized spacial score (nSPS) is 13.8. The zero-order valence-electron chi connectivity index (χ0n) is 23.3. The summed E-state index contributed by atoms with van der Waals surface area (Å²) in [5, 5.41) is 6.84. The largest absolute Gasteiger partial charge is 0.495 e. The molecule has 0 radical (unpaired) electrons. The van der Waals surface area contributed by atoms with Crippen molar-refractivity contribution in [1.82, 2.24) is 15.6 Å². The number of rotatable bonds is 11. The van der Waals surface area contributed by atoms with Crippen molar-refractivity contribution in [2.45, 2.75) is 26.4 Å². The number of benzene rings is 3. The van der Waals surface area contributed by atoms with E-state index in [1.807, 2.05) is 56.3 Å². The third-order valence-corrected chi connectivity index (χ3v) is 6.50. The minimum atomic E-state index is -0.274. The SMILES string of the molecule is COc1ccccc1N1CCN(Cc2ccc(C(=O)N/N=C\c3ccc(OCC(=O)NC(C)C)cc3)cc2)CC1. The van der Waals surface area contributed by atoms with Crippen LogP contribution in [-0.2, 0) is 11.3 Å². The Bertz CT molecular complexity index is 1280. The van der Waals surface area contributed by atoms with Crippen LogP contribution in [0.25, 0.3) is 0 Å². The monoisotopic (exact) mass is 543 g/mol. The third-order valence-electron chi connectivity index (χ3n) is 6.50. The van der Waals surface area contributed by atoms with Gasteiger partial charge in [-0.25, -0.2) is 5.43 Å². The third kappa shape index (κ3) is 8.31. The van der Waals surface area contributed by atoms with Crippen LogP contribution in [0.3, 0.4) is 0 Å². The fraction of sp³-hybridized carbons (Fsp3) is 0.323. The molecule has 1 fully saturated rings. The molecule has 0 bridgehead atoms. The summed E-state index contributed by atoms with van der Waals surface area (Å²) in [4.78, 5) is 29.0. The van der Waals surface area contributed by atoms with Crippen molar-refractivity contribution < 1.29 is 19.1 Å². The molecule has 0 atom stereocenters. The van der Waals surface area contributed by atoms with Crippen molar-refractivity contribution in [3.8, 4) is 11.5 Å². The van der Waals surface area contributed by atoms with Crippen molar-refractivity contribution in [2.24, 2.45) is 5.10 Å². The lowest BCUT2D eigenvalue weighted by atomic mass is 10.1. The van der Waals surface area contributed by atoms with Gasteiger partial charge in [0.05, 0.1) is 19.0 Å². The van der Waals surface area contributed by atoms with Gasteiger partial charge in [0.2, 0.25) is 0 Å². The second kappa shape index (κ2) is 14.1. The van der Waals surface area contributed by atoms with Crippen LogP contribution in [0, 0.1) is 0 Å². The fourth-order valence-electron chi connectivity index (χ4n) is 4.45. The zero-order valence-corrected chi connectivity index (χ0v) is 23.3. The molecule has 9 nitrogen and oxygen atoms in total. The van der Waals surface area contributed by atoms with Gasteiger partial charge in [-0.3, -0.25) is 14.5 Å². The number of carbonyl (C=O) groups excluding carboxylic acids is 2. The van der Waals surface area contributed by atoms with Gasteiger partial charge in [-0.15, -0.1) is 0 Å². The number of hydrazone groups is 1. The molecule has 2 amide bonds. The smallest absolute Gasteiger partial charge is 0.271 e. The lowest BCUT2D eigenvalue weighted by Crippen LogP contribution is -2.46. The Labute approximate surface area is 235 Å². The van der Waals surface area contributed by atoms with E-state index in [1.54, 1.807) is 37.6 Å². The highest BCUT2D eigenvalue weighted by molar-refractivity contribution is 5.94. The van der Waals surface area contributed by atoms with Crippen LogP contribution in [0.4, 0.5) is 5.69 Å². The number of carbonyl (C=O) groups is 2. The first kappa shape index (κ1) is 28.6. The maximum absolute atomic E-state index is 12.5. The number of hydrogen-bond acceptors (Lipinski definition) is 7. The Balaban J connectivity index is 1.20. The molecule has 0 unspecified atom stereocenters. The van der Waals surface area contributed by atoms with Gasteiger partial charge in [-0.2, -0.15) is 5.10 Å². The van der Waals surface area contributed by atoms with E-state index in [0.29, 0.717) is 11.3 Å². The van der Waals surface area contributed by atoms with E-state index in [-0.39, 0.29) is 24.5 Å². The van der Waals surface area contributed by atoms with Crippen molar-refractivity contribution in [2.75, 3.05) is 44.8 Å². The first-order valence-corrected chi connectivity index (χ1v) is 13.5. The van der Waals surface area contributed by atoms with Crippen LogP contribution in [0.5, 0.6) is 11.5 Å². The predicted molar refractivity (Wildman–Crippen MR) is 157 cm³/mol. The average Bonchev–Trinajstić information content (AvgIpc) is 2.97. The van der Waals surface area contributed by atoms with Crippen LogP contribution >= 0.6 is 0 Å². The van der Waals surface area contributed by atoms with E-state index in [4.69, 9.17) is 9.47 Å². The van der Waals surface area contributed by atoms with Gasteiger partial charge >= 0.3 is 0 Å². The Morgan fingerprint density at radius 1 is 0.950 bits per heavy atom. The number of anilines is 1. The van der Waals surface area contributed by atoms with Crippen LogP contribution in [0.1, 0.15) is 35.3 Å². The molecule has 40 heavy (non-hydrogen) atoms. The van der Waals surface area contributed by atoms with Gasteiger partial charge in [0.1, 0.15) is 11.5 Å². The standard InChI is InChI=1S/C31H37N5O4/c1-23(2)33-30(37)22-40-27-14-10-24(11-15-27)20-32-34-31(38)26-12-8-25(9-13-26)21-35-16-18-36(19-17-35)28-6-4-5-7-29(28)39-3/h4-15,20,23H,16-19,21-22H2,1-3H3,(H,33,37)(H,34,38)/b32-20-. The molecule has 0 aromatic heterocycles. The van der Waals surface area contributed by atoms with E-state index < -0.39 is 0 Å². The van der Waals surface area contributed by atoms with E-state index >= 15 is 0 Å². The number of nitrogens with one attached hydrogen (secondary N) is 2. The number of hydrogen-bond donors (Lipinski definition) is 2. The molecule has 4 rings (SSSR count). The van der Waals surface area contributed by atoms with Crippen molar-refractivity contribution in [3.63, 3.8) is 0 Å². The van der Waals surface area contributed by atoms with Crippen LogP contribution in [0.15, 0.2) is 77.9 Å². The second-order valence-electron chi connectivity index (χ2n) is 9.91. The molecule has 3 aromatic rings. The molecular formula is C31H37N5O4. The Kier molecular flexibility index (Phi) is 10.1. The number of nitrogens with zero attached hydrogens (tertiary/aromatic N) is 3. The maximum atomic E-state index is 12.5. The van der Waals surface area contributed by atoms with Crippen molar-refractivity contribution in [1.29, 1.82) is 0 Å². The quantitative estimate of drug-likeness (QED) is 0.283. The molecule has 1 aliphatic heterocycles. The lowest BCUT2D eigenvalue weighted by Gasteiger charge is -2.36. The average molecular weight is 544 g/mol. The van der Waals surface area contributed by atoms with E-state index in [2.05, 4.69) is 31.7 Å². The summed E-state index contributed by atoms with van der Waals surface area (Å²) < 4.78 is 11.0. The molecule has 0 saturated carbocycles. The first-order valence-electron chi connectivity index (χ1n) is 13.5. The molecule has 210 valence electrons. The molecule has 2 N–H and O–H groups in total. The molecule has 0 spiro atoms. The molecule has 1 saturated heterocycles. The highest BCUT2D eigenvalue weighted by atomic mass is 16.5. The van der Waals surface area contributed by atoms with E-state index in [1.165, 1.54) is 0 Å².